The minimum Gasteiger partial charge on any atom is -0.449 e. The first-order valence-electron chi connectivity index (χ1n) is 6.25. The number of piperidine rings is 1. The number of amides is 1. The quantitative estimate of drug-likeness (QED) is 0.737. The molecule has 4 nitrogen and oxygen atoms in total. The summed E-state index contributed by atoms with van der Waals surface area (Å²) in [6, 6.07) is 0.509. The number of carbonyl (C=O) groups excluding carboxylic acids is 1. The Kier molecular flexibility index (Phi) is 5.60. The highest BCUT2D eigenvalue weighted by Crippen LogP contribution is 2.17. The highest BCUT2D eigenvalue weighted by Gasteiger charge is 2.28. The van der Waals surface area contributed by atoms with Gasteiger partial charge in [0.1, 0.15) is 0 Å². The Bertz CT molecular complexity index is 213. The van der Waals surface area contributed by atoms with Crippen molar-refractivity contribution in [3.05, 3.63) is 0 Å². The van der Waals surface area contributed by atoms with Gasteiger partial charge in [0, 0.05) is 25.2 Å². The molecule has 1 aliphatic rings. The van der Waals surface area contributed by atoms with Gasteiger partial charge in [0.25, 0.3) is 0 Å². The first-order chi connectivity index (χ1) is 7.66. The fourth-order valence-corrected chi connectivity index (χ4v) is 2.06. The lowest BCUT2D eigenvalue weighted by Crippen LogP contribution is -2.48. The van der Waals surface area contributed by atoms with Crippen LogP contribution in [0.3, 0.4) is 0 Å². The topological polar surface area (TPSA) is 43.6 Å². The lowest BCUT2D eigenvalue weighted by Gasteiger charge is -2.36. The molecule has 0 aromatic heterocycles. The van der Waals surface area contributed by atoms with Crippen molar-refractivity contribution in [2.75, 3.05) is 19.7 Å². The second-order valence-electron chi connectivity index (χ2n) is 4.52. The molecule has 0 saturated carbocycles. The molecule has 1 rings (SSSR count). The van der Waals surface area contributed by atoms with Crippen LogP contribution in [0.2, 0.25) is 0 Å². The largest absolute Gasteiger partial charge is 0.449 e. The van der Waals surface area contributed by atoms with Crippen LogP contribution in [-0.2, 0) is 4.74 Å². The van der Waals surface area contributed by atoms with Crippen LogP contribution in [0, 0.1) is 0 Å². The lowest BCUT2D eigenvalue weighted by atomic mass is 10.0. The highest BCUT2D eigenvalue weighted by atomic mass is 16.6. The monoisotopic (exact) mass is 227 g/mol. The first kappa shape index (κ1) is 13.3. The van der Waals surface area contributed by atoms with Crippen molar-refractivity contribution in [2.45, 2.75) is 52.1 Å². The third kappa shape index (κ3) is 3.67. The normalized spacial score (nSPS) is 17.5. The molecular weight excluding hydrogens is 204 g/mol. The zero-order valence-electron chi connectivity index (χ0n) is 10.6. The molecule has 1 heterocycles. The molecule has 0 bridgehead atoms. The fourth-order valence-electron chi connectivity index (χ4n) is 2.06. The van der Waals surface area contributed by atoms with Crippen LogP contribution in [0.15, 0.2) is 0 Å². The van der Waals surface area contributed by atoms with Crippen LogP contribution in [0.1, 0.15) is 40.0 Å². The second kappa shape index (κ2) is 6.74. The first-order valence-corrected chi connectivity index (χ1v) is 6.25. The Balaban J connectivity index is 2.54. The second-order valence-corrected chi connectivity index (χ2v) is 4.52. The van der Waals surface area contributed by atoms with Gasteiger partial charge in [0.05, 0.1) is 6.61 Å². The molecule has 0 unspecified atom stereocenters. The molecule has 0 N–H and O–H groups in total. The molecular formula is C12H23N2O2. The summed E-state index contributed by atoms with van der Waals surface area (Å²) in [6.07, 6.45) is 2.65. The zero-order chi connectivity index (χ0) is 12.0. The number of hydrogen-bond donors (Lipinski definition) is 0. The number of hydrogen-bond acceptors (Lipinski definition) is 2. The van der Waals surface area contributed by atoms with Gasteiger partial charge in [-0.05, 0) is 33.1 Å². The van der Waals surface area contributed by atoms with E-state index in [4.69, 9.17) is 4.74 Å². The molecule has 1 amide bonds. The Morgan fingerprint density at radius 1 is 1.44 bits per heavy atom. The summed E-state index contributed by atoms with van der Waals surface area (Å²) in [6.45, 7) is 8.34. The van der Waals surface area contributed by atoms with Gasteiger partial charge in [-0.1, -0.05) is 6.92 Å². The van der Waals surface area contributed by atoms with Gasteiger partial charge in [-0.3, -0.25) is 0 Å². The lowest BCUT2D eigenvalue weighted by molar-refractivity contribution is 0.0645. The smallest absolute Gasteiger partial charge is 0.410 e. The van der Waals surface area contributed by atoms with Crippen LogP contribution in [0.5, 0.6) is 0 Å². The summed E-state index contributed by atoms with van der Waals surface area (Å²) in [5.74, 6) is 0. The molecule has 1 aliphatic heterocycles. The molecule has 0 spiro atoms. The van der Waals surface area contributed by atoms with E-state index in [0.717, 1.165) is 32.4 Å². The average Bonchev–Trinajstić information content (AvgIpc) is 2.27. The van der Waals surface area contributed by atoms with Crippen LogP contribution in [0.25, 0.3) is 0 Å². The molecule has 0 aliphatic carbocycles. The summed E-state index contributed by atoms with van der Waals surface area (Å²) in [7, 11) is 0. The van der Waals surface area contributed by atoms with E-state index in [0.29, 0.717) is 12.6 Å². The van der Waals surface area contributed by atoms with E-state index in [9.17, 15) is 4.79 Å². The predicted molar refractivity (Wildman–Crippen MR) is 63.5 cm³/mol. The Morgan fingerprint density at radius 3 is 2.56 bits per heavy atom. The van der Waals surface area contributed by atoms with Gasteiger partial charge in [-0.25, -0.2) is 10.1 Å². The maximum Gasteiger partial charge on any atom is 0.410 e. The van der Waals surface area contributed by atoms with E-state index in [1.807, 2.05) is 25.7 Å². The van der Waals surface area contributed by atoms with Gasteiger partial charge in [-0.2, -0.15) is 0 Å². The summed E-state index contributed by atoms with van der Waals surface area (Å²) in [5, 5.41) is 4.31. The Hall–Kier alpha value is -0.770. The molecule has 4 heteroatoms. The van der Waals surface area contributed by atoms with E-state index in [1.165, 1.54) is 0 Å². The Morgan fingerprint density at radius 2 is 2.06 bits per heavy atom. The van der Waals surface area contributed by atoms with Crippen molar-refractivity contribution in [1.82, 2.24) is 10.2 Å². The van der Waals surface area contributed by atoms with Crippen molar-refractivity contribution in [3.63, 3.8) is 0 Å². The predicted octanol–water partition coefficient (Wildman–Crippen LogP) is 2.01. The van der Waals surface area contributed by atoms with Gasteiger partial charge >= 0.3 is 6.09 Å². The summed E-state index contributed by atoms with van der Waals surface area (Å²) < 4.78 is 5.22. The van der Waals surface area contributed by atoms with Gasteiger partial charge in [-0.15, -0.1) is 0 Å². The molecule has 0 aromatic rings. The van der Waals surface area contributed by atoms with Gasteiger partial charge in [0.15, 0.2) is 0 Å². The molecule has 0 aromatic carbocycles. The summed E-state index contributed by atoms with van der Waals surface area (Å²) in [5.41, 5.74) is 0. The van der Waals surface area contributed by atoms with E-state index >= 15 is 0 Å². The molecule has 1 radical (unpaired) electrons. The highest BCUT2D eigenvalue weighted by molar-refractivity contribution is 5.68. The third-order valence-electron chi connectivity index (χ3n) is 2.83. The van der Waals surface area contributed by atoms with E-state index in [-0.39, 0.29) is 12.1 Å². The molecule has 93 valence electrons. The van der Waals surface area contributed by atoms with Crippen LogP contribution < -0.4 is 5.32 Å². The molecule has 0 atom stereocenters. The van der Waals surface area contributed by atoms with E-state index in [1.54, 1.807) is 0 Å². The van der Waals surface area contributed by atoms with Gasteiger partial charge < -0.3 is 9.64 Å². The molecule has 16 heavy (non-hydrogen) atoms. The van der Waals surface area contributed by atoms with Crippen molar-refractivity contribution < 1.29 is 9.53 Å². The van der Waals surface area contributed by atoms with Gasteiger partial charge in [0.2, 0.25) is 0 Å². The van der Waals surface area contributed by atoms with Crippen LogP contribution >= 0.6 is 0 Å². The Labute approximate surface area is 98.3 Å². The number of ether oxygens (including phenoxy) is 1. The zero-order valence-corrected chi connectivity index (χ0v) is 10.6. The number of nitrogens with zero attached hydrogens (tertiary/aromatic N) is 2. The van der Waals surface area contributed by atoms with Crippen LogP contribution in [-0.4, -0.2) is 42.8 Å². The summed E-state index contributed by atoms with van der Waals surface area (Å²) in [4.78, 5) is 13.8. The standard InChI is InChI=1S/C12H23N2O2/c1-4-9-16-12(15)14(10(2)3)11-5-7-13-8-6-11/h10-11H,4-9H2,1-3H3. The van der Waals surface area contributed by atoms with Crippen molar-refractivity contribution >= 4 is 6.09 Å². The minimum atomic E-state index is -0.163. The van der Waals surface area contributed by atoms with E-state index < -0.39 is 0 Å². The van der Waals surface area contributed by atoms with Crippen LogP contribution in [0.4, 0.5) is 4.79 Å². The minimum absolute atomic E-state index is 0.163. The average molecular weight is 227 g/mol. The van der Waals surface area contributed by atoms with Crippen molar-refractivity contribution in [3.8, 4) is 0 Å². The maximum atomic E-state index is 11.9. The SMILES string of the molecule is CCCOC(=O)N(C(C)C)C1CC[N]CC1. The number of carbonyl (C=O) groups is 1. The molecule has 1 fully saturated rings. The number of rotatable bonds is 4. The van der Waals surface area contributed by atoms with Crippen molar-refractivity contribution in [1.29, 1.82) is 0 Å². The third-order valence-corrected chi connectivity index (χ3v) is 2.83. The summed E-state index contributed by atoms with van der Waals surface area (Å²) >= 11 is 0. The van der Waals surface area contributed by atoms with E-state index in [2.05, 4.69) is 5.32 Å². The molecule has 1 saturated heterocycles. The van der Waals surface area contributed by atoms with Crippen molar-refractivity contribution in [2.24, 2.45) is 0 Å². The fraction of sp³-hybridized carbons (Fsp3) is 0.917. The maximum absolute atomic E-state index is 11.9.